The Morgan fingerprint density at radius 2 is 1.59 bits per heavy atom. The average Bonchev–Trinajstić information content (AvgIpc) is 2.73. The molecule has 5 nitrogen and oxygen atoms in total. The lowest BCUT2D eigenvalue weighted by Crippen LogP contribution is -2.15. The Morgan fingerprint density at radius 1 is 0.852 bits per heavy atom. The molecule has 1 N–H and O–H groups in total. The van der Waals surface area contributed by atoms with Gasteiger partial charge in [0, 0.05) is 17.2 Å². The van der Waals surface area contributed by atoms with Crippen LogP contribution in [0.2, 0.25) is 0 Å². The molecule has 0 aliphatic rings. The van der Waals surface area contributed by atoms with Crippen LogP contribution in [0, 0.1) is 0 Å². The quantitative estimate of drug-likeness (QED) is 0.670. The summed E-state index contributed by atoms with van der Waals surface area (Å²) in [7, 11) is 3.13. The number of carbonyl (C=O) groups excluding carboxylic acids is 1. The van der Waals surface area contributed by atoms with E-state index in [-0.39, 0.29) is 5.91 Å². The maximum atomic E-state index is 12.9. The van der Waals surface area contributed by atoms with Crippen LogP contribution in [-0.4, -0.2) is 20.1 Å². The van der Waals surface area contributed by atoms with Crippen molar-refractivity contribution >= 4 is 11.6 Å². The summed E-state index contributed by atoms with van der Waals surface area (Å²) in [6, 6.07) is 22.1. The van der Waals surface area contributed by atoms with Gasteiger partial charge in [0.2, 0.25) is 0 Å². The lowest BCUT2D eigenvalue weighted by atomic mass is 10.1. The second-order valence-electron chi connectivity index (χ2n) is 5.78. The standard InChI is InChI=1S/C22H21NO4/c1-25-18-12-13-21(26-2)20(14-18)23-22(24)19-11-7-6-8-16(19)15-27-17-9-4-3-5-10-17/h3-14H,15H2,1-2H3,(H,23,24). The van der Waals surface area contributed by atoms with Crippen molar-refractivity contribution in [3.63, 3.8) is 0 Å². The highest BCUT2D eigenvalue weighted by Crippen LogP contribution is 2.29. The van der Waals surface area contributed by atoms with Gasteiger partial charge in [-0.15, -0.1) is 0 Å². The van der Waals surface area contributed by atoms with Gasteiger partial charge in [0.15, 0.2) is 0 Å². The molecule has 138 valence electrons. The average molecular weight is 363 g/mol. The molecule has 5 heteroatoms. The smallest absolute Gasteiger partial charge is 0.256 e. The van der Waals surface area contributed by atoms with Crippen LogP contribution < -0.4 is 19.5 Å². The molecule has 0 saturated carbocycles. The van der Waals surface area contributed by atoms with E-state index in [1.807, 2.05) is 48.5 Å². The molecule has 0 atom stereocenters. The number of anilines is 1. The van der Waals surface area contributed by atoms with Gasteiger partial charge in [-0.2, -0.15) is 0 Å². The van der Waals surface area contributed by atoms with E-state index in [4.69, 9.17) is 14.2 Å². The SMILES string of the molecule is COc1ccc(OC)c(NC(=O)c2ccccc2COc2ccccc2)c1. The van der Waals surface area contributed by atoms with E-state index in [0.717, 1.165) is 11.3 Å². The van der Waals surface area contributed by atoms with E-state index in [1.165, 1.54) is 0 Å². The summed E-state index contributed by atoms with van der Waals surface area (Å²) in [6.45, 7) is 0.294. The Kier molecular flexibility index (Phi) is 5.94. The van der Waals surface area contributed by atoms with Crippen LogP contribution in [0.25, 0.3) is 0 Å². The number of carbonyl (C=O) groups is 1. The Hall–Kier alpha value is -3.47. The molecule has 27 heavy (non-hydrogen) atoms. The van der Waals surface area contributed by atoms with Gasteiger partial charge >= 0.3 is 0 Å². The molecule has 0 heterocycles. The van der Waals surface area contributed by atoms with Crippen molar-refractivity contribution in [1.29, 1.82) is 0 Å². The summed E-state index contributed by atoms with van der Waals surface area (Å²) in [5.74, 6) is 1.70. The van der Waals surface area contributed by atoms with Crippen LogP contribution in [0.5, 0.6) is 17.2 Å². The molecule has 0 radical (unpaired) electrons. The summed E-state index contributed by atoms with van der Waals surface area (Å²) in [4.78, 5) is 12.9. The normalized spacial score (nSPS) is 10.1. The third-order valence-electron chi connectivity index (χ3n) is 4.05. The van der Waals surface area contributed by atoms with Crippen molar-refractivity contribution < 1.29 is 19.0 Å². The van der Waals surface area contributed by atoms with Crippen molar-refractivity contribution in [2.24, 2.45) is 0 Å². The Labute approximate surface area is 158 Å². The number of nitrogens with one attached hydrogen (secondary N) is 1. The minimum Gasteiger partial charge on any atom is -0.497 e. The van der Waals surface area contributed by atoms with Gasteiger partial charge in [-0.3, -0.25) is 4.79 Å². The largest absolute Gasteiger partial charge is 0.497 e. The maximum absolute atomic E-state index is 12.9. The molecule has 0 spiro atoms. The molecule has 3 aromatic carbocycles. The first-order valence-electron chi connectivity index (χ1n) is 8.50. The minimum absolute atomic E-state index is 0.242. The number of methoxy groups -OCH3 is 2. The Balaban J connectivity index is 1.79. The van der Waals surface area contributed by atoms with Crippen LogP contribution in [0.15, 0.2) is 72.8 Å². The molecular formula is C22H21NO4. The van der Waals surface area contributed by atoms with Crippen molar-refractivity contribution in [1.82, 2.24) is 0 Å². The Bertz CT molecular complexity index is 909. The number of amides is 1. The summed E-state index contributed by atoms with van der Waals surface area (Å²) >= 11 is 0. The lowest BCUT2D eigenvalue weighted by molar-refractivity contribution is 0.102. The zero-order valence-corrected chi connectivity index (χ0v) is 15.3. The molecule has 0 aromatic heterocycles. The highest BCUT2D eigenvalue weighted by atomic mass is 16.5. The first-order chi connectivity index (χ1) is 13.2. The van der Waals surface area contributed by atoms with E-state index >= 15 is 0 Å². The number of rotatable bonds is 7. The van der Waals surface area contributed by atoms with E-state index in [9.17, 15) is 4.79 Å². The van der Waals surface area contributed by atoms with Gasteiger partial charge in [-0.05, 0) is 30.3 Å². The van der Waals surface area contributed by atoms with Crippen molar-refractivity contribution in [3.8, 4) is 17.2 Å². The molecule has 3 rings (SSSR count). The summed E-state index contributed by atoms with van der Waals surface area (Å²) < 4.78 is 16.3. The van der Waals surface area contributed by atoms with E-state index in [2.05, 4.69) is 5.32 Å². The van der Waals surface area contributed by atoms with Crippen molar-refractivity contribution in [2.75, 3.05) is 19.5 Å². The fourth-order valence-electron chi connectivity index (χ4n) is 2.65. The summed E-state index contributed by atoms with van der Waals surface area (Å²) in [5.41, 5.74) is 1.87. The van der Waals surface area contributed by atoms with Crippen LogP contribution in [0.3, 0.4) is 0 Å². The van der Waals surface area contributed by atoms with Gasteiger partial charge < -0.3 is 19.5 Å². The third kappa shape index (κ3) is 4.58. The van der Waals surface area contributed by atoms with Gasteiger partial charge in [-0.25, -0.2) is 0 Å². The van der Waals surface area contributed by atoms with Crippen LogP contribution in [0.4, 0.5) is 5.69 Å². The number of hydrogen-bond acceptors (Lipinski definition) is 4. The highest BCUT2D eigenvalue weighted by molar-refractivity contribution is 6.06. The lowest BCUT2D eigenvalue weighted by Gasteiger charge is -2.14. The number of benzene rings is 3. The van der Waals surface area contributed by atoms with Gasteiger partial charge in [0.1, 0.15) is 23.9 Å². The molecule has 0 unspecified atom stereocenters. The number of ether oxygens (including phenoxy) is 3. The molecule has 0 saturated heterocycles. The molecule has 0 aliphatic heterocycles. The zero-order chi connectivity index (χ0) is 19.1. The van der Waals surface area contributed by atoms with Crippen LogP contribution >= 0.6 is 0 Å². The molecule has 0 aliphatic carbocycles. The predicted molar refractivity (Wildman–Crippen MR) is 105 cm³/mol. The first kappa shape index (κ1) is 18.3. The van der Waals surface area contributed by atoms with Crippen molar-refractivity contribution in [2.45, 2.75) is 6.61 Å². The van der Waals surface area contributed by atoms with E-state index in [1.54, 1.807) is 38.5 Å². The van der Waals surface area contributed by atoms with E-state index < -0.39 is 0 Å². The first-order valence-corrected chi connectivity index (χ1v) is 8.50. The zero-order valence-electron chi connectivity index (χ0n) is 15.3. The molecule has 0 fully saturated rings. The summed E-state index contributed by atoms with van der Waals surface area (Å²) in [6.07, 6.45) is 0. The molecular weight excluding hydrogens is 342 g/mol. The third-order valence-corrected chi connectivity index (χ3v) is 4.05. The highest BCUT2D eigenvalue weighted by Gasteiger charge is 2.14. The minimum atomic E-state index is -0.242. The fraction of sp³-hybridized carbons (Fsp3) is 0.136. The van der Waals surface area contributed by atoms with Crippen LogP contribution in [-0.2, 0) is 6.61 Å². The molecule has 0 bridgehead atoms. The number of para-hydroxylation sites is 1. The number of hydrogen-bond donors (Lipinski definition) is 1. The van der Waals surface area contributed by atoms with Crippen LogP contribution in [0.1, 0.15) is 15.9 Å². The van der Waals surface area contributed by atoms with Gasteiger partial charge in [-0.1, -0.05) is 36.4 Å². The Morgan fingerprint density at radius 3 is 2.33 bits per heavy atom. The second-order valence-corrected chi connectivity index (χ2v) is 5.78. The van der Waals surface area contributed by atoms with Gasteiger partial charge in [0.25, 0.3) is 5.91 Å². The van der Waals surface area contributed by atoms with Crippen molar-refractivity contribution in [3.05, 3.63) is 83.9 Å². The molecule has 1 amide bonds. The molecule has 3 aromatic rings. The second kappa shape index (κ2) is 8.76. The topological polar surface area (TPSA) is 56.8 Å². The maximum Gasteiger partial charge on any atom is 0.256 e. The monoisotopic (exact) mass is 363 g/mol. The van der Waals surface area contributed by atoms with Gasteiger partial charge in [0.05, 0.1) is 19.9 Å². The predicted octanol–water partition coefficient (Wildman–Crippen LogP) is 4.54. The van der Waals surface area contributed by atoms with E-state index in [0.29, 0.717) is 29.4 Å². The fourth-order valence-corrected chi connectivity index (χ4v) is 2.65. The summed E-state index contributed by atoms with van der Waals surface area (Å²) in [5, 5.41) is 2.89.